The van der Waals surface area contributed by atoms with E-state index in [2.05, 4.69) is 20.2 Å². The van der Waals surface area contributed by atoms with Crippen LogP contribution in [-0.4, -0.2) is 49.9 Å². The summed E-state index contributed by atoms with van der Waals surface area (Å²) in [5.74, 6) is 2.16. The van der Waals surface area contributed by atoms with Crippen LogP contribution in [0.25, 0.3) is 0 Å². The van der Waals surface area contributed by atoms with E-state index in [9.17, 15) is 0 Å². The molecular formula is C14H24Cl2N4O2. The Hall–Kier alpha value is -0.980. The molecule has 0 radical (unpaired) electrons. The fraction of sp³-hybridized carbons (Fsp3) is 0.714. The molecule has 1 N–H and O–H groups in total. The molecule has 6 nitrogen and oxygen atoms in total. The van der Waals surface area contributed by atoms with E-state index in [0.29, 0.717) is 23.9 Å². The lowest BCUT2D eigenvalue weighted by Gasteiger charge is -2.42. The predicted octanol–water partition coefficient (Wildman–Crippen LogP) is 1.92. The van der Waals surface area contributed by atoms with Crippen LogP contribution < -0.4 is 19.7 Å². The molecule has 3 rings (SSSR count). The number of rotatable bonds is 3. The summed E-state index contributed by atoms with van der Waals surface area (Å²) in [6, 6.07) is 2.92. The maximum Gasteiger partial charge on any atom is 0.321 e. The summed E-state index contributed by atoms with van der Waals surface area (Å²) in [5, 5.41) is 3.63. The van der Waals surface area contributed by atoms with Gasteiger partial charge < -0.3 is 19.7 Å². The van der Waals surface area contributed by atoms with Gasteiger partial charge in [-0.05, 0) is 31.7 Å². The maximum absolute atomic E-state index is 5.22. The summed E-state index contributed by atoms with van der Waals surface area (Å²) in [7, 11) is 3.19. The number of hydrogen-bond acceptors (Lipinski definition) is 6. The molecule has 0 spiro atoms. The zero-order valence-corrected chi connectivity index (χ0v) is 14.6. The van der Waals surface area contributed by atoms with Gasteiger partial charge in [0, 0.05) is 25.2 Å². The first-order valence-corrected chi connectivity index (χ1v) is 7.25. The highest BCUT2D eigenvalue weighted by Gasteiger charge is 2.31. The summed E-state index contributed by atoms with van der Waals surface area (Å²) in [5.41, 5.74) is 0. The molecule has 2 atom stereocenters. The molecule has 22 heavy (non-hydrogen) atoms. The molecule has 3 heterocycles. The lowest BCUT2D eigenvalue weighted by atomic mass is 9.85. The van der Waals surface area contributed by atoms with Crippen LogP contribution in [0.4, 0.5) is 5.82 Å². The third-order valence-corrected chi connectivity index (χ3v) is 4.28. The fourth-order valence-electron chi connectivity index (χ4n) is 3.20. The van der Waals surface area contributed by atoms with E-state index in [-0.39, 0.29) is 24.8 Å². The molecule has 0 aliphatic carbocycles. The Morgan fingerprint density at radius 2 is 2.00 bits per heavy atom. The quantitative estimate of drug-likeness (QED) is 0.898. The van der Waals surface area contributed by atoms with E-state index >= 15 is 0 Å². The Morgan fingerprint density at radius 1 is 1.18 bits per heavy atom. The molecule has 2 aliphatic rings. The highest BCUT2D eigenvalue weighted by Crippen LogP contribution is 2.29. The van der Waals surface area contributed by atoms with Crippen LogP contribution in [-0.2, 0) is 0 Å². The summed E-state index contributed by atoms with van der Waals surface area (Å²) < 4.78 is 10.4. The Morgan fingerprint density at radius 3 is 2.73 bits per heavy atom. The summed E-state index contributed by atoms with van der Waals surface area (Å²) in [4.78, 5) is 10.9. The smallest absolute Gasteiger partial charge is 0.321 e. The molecule has 0 aromatic carbocycles. The summed E-state index contributed by atoms with van der Waals surface area (Å²) in [6.45, 7) is 3.22. The van der Waals surface area contributed by atoms with Crippen molar-refractivity contribution in [2.45, 2.75) is 25.3 Å². The Bertz CT molecular complexity index is 456. The molecular weight excluding hydrogens is 327 g/mol. The number of nitrogens with zero attached hydrogens (tertiary/aromatic N) is 3. The number of nitrogens with one attached hydrogen (secondary N) is 1. The van der Waals surface area contributed by atoms with Crippen LogP contribution in [0.15, 0.2) is 6.07 Å². The lowest BCUT2D eigenvalue weighted by Crippen LogP contribution is -2.52. The SMILES string of the molecule is COc1cc(N2CC[C@@H]3NCCC[C@@H]3C2)nc(OC)n1.Cl.Cl. The van der Waals surface area contributed by atoms with Crippen LogP contribution in [0, 0.1) is 5.92 Å². The van der Waals surface area contributed by atoms with Crippen molar-refractivity contribution < 1.29 is 9.47 Å². The number of methoxy groups -OCH3 is 2. The molecule has 0 saturated carbocycles. The van der Waals surface area contributed by atoms with Crippen LogP contribution >= 0.6 is 24.8 Å². The minimum atomic E-state index is 0. The van der Waals surface area contributed by atoms with E-state index in [0.717, 1.165) is 25.5 Å². The predicted molar refractivity (Wildman–Crippen MR) is 91.0 cm³/mol. The van der Waals surface area contributed by atoms with Crippen molar-refractivity contribution in [3.8, 4) is 11.9 Å². The van der Waals surface area contributed by atoms with Gasteiger partial charge in [-0.25, -0.2) is 0 Å². The average molecular weight is 351 g/mol. The zero-order chi connectivity index (χ0) is 13.9. The highest BCUT2D eigenvalue weighted by molar-refractivity contribution is 5.85. The molecule has 8 heteroatoms. The van der Waals surface area contributed by atoms with Crippen molar-refractivity contribution in [1.82, 2.24) is 15.3 Å². The van der Waals surface area contributed by atoms with Crippen LogP contribution in [0.5, 0.6) is 11.9 Å². The first kappa shape index (κ1) is 19.1. The number of fused-ring (bicyclic) bond motifs is 1. The molecule has 0 bridgehead atoms. The minimum Gasteiger partial charge on any atom is -0.481 e. The van der Waals surface area contributed by atoms with Gasteiger partial charge in [0.25, 0.3) is 0 Å². The number of halogens is 2. The molecule has 1 aromatic heterocycles. The van der Waals surface area contributed by atoms with Crippen molar-refractivity contribution in [3.63, 3.8) is 0 Å². The van der Waals surface area contributed by atoms with Crippen LogP contribution in [0.1, 0.15) is 19.3 Å². The standard InChI is InChI=1S/C14H22N4O2.2ClH/c1-19-13-8-12(16-14(17-13)20-2)18-7-5-11-10(9-18)4-3-6-15-11;;/h8,10-11,15H,3-7,9H2,1-2H3;2*1H/t10-,11+;;/m1../s1. The molecule has 0 amide bonds. The Kier molecular flexibility index (Phi) is 7.45. The van der Waals surface area contributed by atoms with E-state index in [4.69, 9.17) is 9.47 Å². The molecule has 2 aliphatic heterocycles. The van der Waals surface area contributed by atoms with Crippen LogP contribution in [0.3, 0.4) is 0 Å². The normalized spacial score (nSPS) is 23.6. The number of piperidine rings is 2. The van der Waals surface area contributed by atoms with E-state index in [1.54, 1.807) is 14.2 Å². The summed E-state index contributed by atoms with van der Waals surface area (Å²) in [6.07, 6.45) is 3.73. The Balaban J connectivity index is 0.00000121. The number of anilines is 1. The second kappa shape index (κ2) is 8.60. The monoisotopic (exact) mass is 350 g/mol. The van der Waals surface area contributed by atoms with Gasteiger partial charge >= 0.3 is 6.01 Å². The van der Waals surface area contributed by atoms with Gasteiger partial charge in [0.2, 0.25) is 5.88 Å². The molecule has 1 aromatic rings. The third kappa shape index (κ3) is 4.06. The third-order valence-electron chi connectivity index (χ3n) is 4.28. The van der Waals surface area contributed by atoms with Gasteiger partial charge in [-0.1, -0.05) is 0 Å². The van der Waals surface area contributed by atoms with Crippen LogP contribution in [0.2, 0.25) is 0 Å². The topological polar surface area (TPSA) is 59.5 Å². The summed E-state index contributed by atoms with van der Waals surface area (Å²) >= 11 is 0. The maximum atomic E-state index is 5.22. The van der Waals surface area contributed by atoms with Crippen molar-refractivity contribution >= 4 is 30.6 Å². The van der Waals surface area contributed by atoms with Gasteiger partial charge in [0.1, 0.15) is 5.82 Å². The van der Waals surface area contributed by atoms with Crippen molar-refractivity contribution in [1.29, 1.82) is 0 Å². The molecule has 2 fully saturated rings. The van der Waals surface area contributed by atoms with E-state index in [1.165, 1.54) is 19.3 Å². The molecule has 126 valence electrons. The van der Waals surface area contributed by atoms with Crippen molar-refractivity contribution in [3.05, 3.63) is 6.07 Å². The van der Waals surface area contributed by atoms with Gasteiger partial charge in [-0.2, -0.15) is 9.97 Å². The second-order valence-corrected chi connectivity index (χ2v) is 5.45. The highest BCUT2D eigenvalue weighted by atomic mass is 35.5. The number of hydrogen-bond donors (Lipinski definition) is 1. The molecule has 0 unspecified atom stereocenters. The van der Waals surface area contributed by atoms with Gasteiger partial charge in [0.15, 0.2) is 0 Å². The van der Waals surface area contributed by atoms with Crippen molar-refractivity contribution in [2.24, 2.45) is 5.92 Å². The largest absolute Gasteiger partial charge is 0.481 e. The van der Waals surface area contributed by atoms with Crippen molar-refractivity contribution in [2.75, 3.05) is 38.8 Å². The van der Waals surface area contributed by atoms with Gasteiger partial charge in [0.05, 0.1) is 14.2 Å². The fourth-order valence-corrected chi connectivity index (χ4v) is 3.20. The zero-order valence-electron chi connectivity index (χ0n) is 12.9. The van der Waals surface area contributed by atoms with E-state index < -0.39 is 0 Å². The number of aromatic nitrogens is 2. The molecule has 2 saturated heterocycles. The van der Waals surface area contributed by atoms with E-state index in [1.807, 2.05) is 6.07 Å². The lowest BCUT2D eigenvalue weighted by molar-refractivity contribution is 0.243. The first-order valence-electron chi connectivity index (χ1n) is 7.25. The number of ether oxygens (including phenoxy) is 2. The Labute approximate surface area is 143 Å². The van der Waals surface area contributed by atoms with Gasteiger partial charge in [-0.3, -0.25) is 0 Å². The second-order valence-electron chi connectivity index (χ2n) is 5.45. The average Bonchev–Trinajstić information content (AvgIpc) is 2.53. The van der Waals surface area contributed by atoms with Gasteiger partial charge in [-0.15, -0.1) is 24.8 Å². The first-order chi connectivity index (χ1) is 9.80. The minimum absolute atomic E-state index is 0.